The van der Waals surface area contributed by atoms with Crippen molar-refractivity contribution >= 4 is 5.97 Å². The predicted molar refractivity (Wildman–Crippen MR) is 70.7 cm³/mol. The number of alkyl halides is 3. The maximum Gasteiger partial charge on any atom is 0.416 e. The number of rotatable bonds is 6. The van der Waals surface area contributed by atoms with Gasteiger partial charge in [-0.15, -0.1) is 0 Å². The van der Waals surface area contributed by atoms with E-state index in [9.17, 15) is 18.0 Å². The number of methoxy groups -OCH3 is 2. The first-order valence-electron chi connectivity index (χ1n) is 6.26. The average molecular weight is 305 g/mol. The first kappa shape index (κ1) is 17.5. The molecular weight excluding hydrogens is 287 g/mol. The molecule has 0 aliphatic rings. The highest BCUT2D eigenvalue weighted by atomic mass is 19.4. The van der Waals surface area contributed by atoms with Gasteiger partial charge in [0.2, 0.25) is 0 Å². The summed E-state index contributed by atoms with van der Waals surface area (Å²) in [5.74, 6) is -0.796. The van der Waals surface area contributed by atoms with Crippen LogP contribution in [0.2, 0.25) is 0 Å². The third-order valence-electron chi connectivity index (χ3n) is 3.15. The largest absolute Gasteiger partial charge is 0.467 e. The number of carbonyl (C=O) groups excluding carboxylic acids is 1. The molecule has 1 aromatic carbocycles. The van der Waals surface area contributed by atoms with Crippen LogP contribution >= 0.6 is 0 Å². The van der Waals surface area contributed by atoms with E-state index < -0.39 is 23.2 Å². The first-order chi connectivity index (χ1) is 9.77. The summed E-state index contributed by atoms with van der Waals surface area (Å²) in [6.45, 7) is 1.81. The van der Waals surface area contributed by atoms with E-state index in [-0.39, 0.29) is 18.7 Å². The van der Waals surface area contributed by atoms with Gasteiger partial charge in [-0.2, -0.15) is 13.2 Å². The molecule has 0 fully saturated rings. The third-order valence-corrected chi connectivity index (χ3v) is 3.15. The Labute approximate surface area is 121 Å². The van der Waals surface area contributed by atoms with Crippen LogP contribution in [0.15, 0.2) is 24.3 Å². The highest BCUT2D eigenvalue weighted by Crippen LogP contribution is 2.37. The van der Waals surface area contributed by atoms with Gasteiger partial charge in [0.25, 0.3) is 0 Å². The van der Waals surface area contributed by atoms with Gasteiger partial charge in [0, 0.05) is 13.7 Å². The molecule has 118 valence electrons. The van der Waals surface area contributed by atoms with E-state index in [1.54, 1.807) is 0 Å². The van der Waals surface area contributed by atoms with Crippen molar-refractivity contribution in [1.29, 1.82) is 0 Å². The van der Waals surface area contributed by atoms with Crippen LogP contribution in [0.3, 0.4) is 0 Å². The number of esters is 1. The molecule has 0 radical (unpaired) electrons. The zero-order chi connectivity index (χ0) is 16.1. The van der Waals surface area contributed by atoms with Crippen molar-refractivity contribution in [1.82, 2.24) is 5.32 Å². The molecule has 21 heavy (non-hydrogen) atoms. The van der Waals surface area contributed by atoms with E-state index in [0.29, 0.717) is 0 Å². The molecule has 0 saturated carbocycles. The van der Waals surface area contributed by atoms with E-state index in [1.807, 2.05) is 0 Å². The zero-order valence-electron chi connectivity index (χ0n) is 12.1. The van der Waals surface area contributed by atoms with Crippen LogP contribution in [0.25, 0.3) is 0 Å². The molecule has 0 aliphatic heterocycles. The quantitative estimate of drug-likeness (QED) is 0.647. The van der Waals surface area contributed by atoms with Crippen molar-refractivity contribution in [3.63, 3.8) is 0 Å². The molecule has 0 amide bonds. The fourth-order valence-corrected chi connectivity index (χ4v) is 2.05. The molecule has 1 unspecified atom stereocenters. The fraction of sp³-hybridized carbons (Fsp3) is 0.500. The predicted octanol–water partition coefficient (Wildman–Crippen LogP) is 2.33. The van der Waals surface area contributed by atoms with Crippen LogP contribution in [-0.2, 0) is 26.0 Å². The minimum Gasteiger partial charge on any atom is -0.467 e. The van der Waals surface area contributed by atoms with Gasteiger partial charge < -0.3 is 9.47 Å². The summed E-state index contributed by atoms with van der Waals surface area (Å²) in [5.41, 5.74) is -2.66. The number of hydrogen-bond acceptors (Lipinski definition) is 4. The lowest BCUT2D eigenvalue weighted by Crippen LogP contribution is -2.49. The molecule has 1 N–H and O–H groups in total. The van der Waals surface area contributed by atoms with Crippen LogP contribution in [0, 0.1) is 0 Å². The van der Waals surface area contributed by atoms with Crippen molar-refractivity contribution < 1.29 is 27.4 Å². The van der Waals surface area contributed by atoms with Gasteiger partial charge in [-0.1, -0.05) is 18.2 Å². The average Bonchev–Trinajstić information content (AvgIpc) is 2.45. The molecule has 0 aromatic heterocycles. The topological polar surface area (TPSA) is 47.6 Å². The van der Waals surface area contributed by atoms with E-state index >= 15 is 0 Å². The van der Waals surface area contributed by atoms with Gasteiger partial charge in [0.1, 0.15) is 5.54 Å². The van der Waals surface area contributed by atoms with Gasteiger partial charge in [0.05, 0.1) is 19.3 Å². The van der Waals surface area contributed by atoms with Crippen LogP contribution in [-0.4, -0.2) is 33.3 Å². The molecule has 1 atom stereocenters. The second-order valence-electron chi connectivity index (χ2n) is 4.58. The molecule has 0 heterocycles. The van der Waals surface area contributed by atoms with Crippen LogP contribution < -0.4 is 5.32 Å². The highest BCUT2D eigenvalue weighted by Gasteiger charge is 2.43. The van der Waals surface area contributed by atoms with Crippen molar-refractivity contribution in [3.8, 4) is 0 Å². The smallest absolute Gasteiger partial charge is 0.416 e. The Hall–Kier alpha value is -1.60. The molecule has 1 aromatic rings. The van der Waals surface area contributed by atoms with E-state index in [4.69, 9.17) is 4.74 Å². The van der Waals surface area contributed by atoms with Crippen LogP contribution in [0.5, 0.6) is 0 Å². The Morgan fingerprint density at radius 1 is 1.19 bits per heavy atom. The molecule has 1 rings (SSSR count). The SMILES string of the molecule is COCCNC(C)(C(=O)OC)c1ccccc1C(F)(F)F. The lowest BCUT2D eigenvalue weighted by molar-refractivity contribution is -0.150. The molecule has 0 bridgehead atoms. The van der Waals surface area contributed by atoms with Crippen LogP contribution in [0.4, 0.5) is 13.2 Å². The van der Waals surface area contributed by atoms with Crippen LogP contribution in [0.1, 0.15) is 18.1 Å². The van der Waals surface area contributed by atoms with Gasteiger partial charge in [-0.3, -0.25) is 5.32 Å². The summed E-state index contributed by atoms with van der Waals surface area (Å²) in [6, 6.07) is 4.93. The van der Waals surface area contributed by atoms with Gasteiger partial charge in [-0.25, -0.2) is 4.79 Å². The van der Waals surface area contributed by atoms with Gasteiger partial charge in [-0.05, 0) is 18.6 Å². The van der Waals surface area contributed by atoms with Gasteiger partial charge >= 0.3 is 12.1 Å². The molecule has 0 spiro atoms. The Bertz CT molecular complexity index is 491. The second kappa shape index (κ2) is 6.91. The van der Waals surface area contributed by atoms with E-state index in [1.165, 1.54) is 32.2 Å². The van der Waals surface area contributed by atoms with Crippen molar-refractivity contribution in [3.05, 3.63) is 35.4 Å². The third kappa shape index (κ3) is 3.95. The minimum atomic E-state index is -4.56. The zero-order valence-corrected chi connectivity index (χ0v) is 12.1. The van der Waals surface area contributed by atoms with Crippen molar-refractivity contribution in [2.45, 2.75) is 18.6 Å². The summed E-state index contributed by atoms with van der Waals surface area (Å²) in [7, 11) is 2.59. The number of nitrogens with one attached hydrogen (secondary N) is 1. The monoisotopic (exact) mass is 305 g/mol. The lowest BCUT2D eigenvalue weighted by atomic mass is 9.87. The Kier molecular flexibility index (Phi) is 5.74. The maximum absolute atomic E-state index is 13.1. The standard InChI is InChI=1S/C14H18F3NO3/c1-13(12(19)21-3,18-8-9-20-2)10-6-4-5-7-11(10)14(15,16)17/h4-7,18H,8-9H2,1-3H3. The number of carbonyl (C=O) groups is 1. The molecule has 0 aliphatic carbocycles. The first-order valence-corrected chi connectivity index (χ1v) is 6.26. The number of ether oxygens (including phenoxy) is 2. The second-order valence-corrected chi connectivity index (χ2v) is 4.58. The summed E-state index contributed by atoms with van der Waals surface area (Å²) >= 11 is 0. The maximum atomic E-state index is 13.1. The Morgan fingerprint density at radius 2 is 1.76 bits per heavy atom. The van der Waals surface area contributed by atoms with E-state index in [0.717, 1.165) is 13.2 Å². The number of halogens is 3. The summed E-state index contributed by atoms with van der Waals surface area (Å²) in [4.78, 5) is 12.0. The lowest BCUT2D eigenvalue weighted by Gasteiger charge is -2.31. The molecular formula is C14H18F3NO3. The van der Waals surface area contributed by atoms with Crippen molar-refractivity contribution in [2.75, 3.05) is 27.4 Å². The molecule has 4 nitrogen and oxygen atoms in total. The highest BCUT2D eigenvalue weighted by molar-refractivity contribution is 5.82. The summed E-state index contributed by atoms with van der Waals surface area (Å²) in [6.07, 6.45) is -4.56. The van der Waals surface area contributed by atoms with Crippen molar-refractivity contribution in [2.24, 2.45) is 0 Å². The fourth-order valence-electron chi connectivity index (χ4n) is 2.05. The van der Waals surface area contributed by atoms with E-state index in [2.05, 4.69) is 10.1 Å². The Morgan fingerprint density at radius 3 is 2.24 bits per heavy atom. The summed E-state index contributed by atoms with van der Waals surface area (Å²) < 4.78 is 48.9. The summed E-state index contributed by atoms with van der Waals surface area (Å²) in [5, 5.41) is 2.78. The Balaban J connectivity index is 3.30. The molecule has 0 saturated heterocycles. The number of benzene rings is 1. The molecule has 7 heteroatoms. The normalized spacial score (nSPS) is 14.6. The minimum absolute atomic E-state index is 0.180. The number of hydrogen-bond donors (Lipinski definition) is 1. The van der Waals surface area contributed by atoms with Gasteiger partial charge in [0.15, 0.2) is 0 Å².